The summed E-state index contributed by atoms with van der Waals surface area (Å²) in [4.78, 5) is 14.7. The Balaban J connectivity index is 0.00000109. The van der Waals surface area contributed by atoms with Gasteiger partial charge in [0.25, 0.3) is 0 Å². The van der Waals surface area contributed by atoms with Crippen LogP contribution < -0.4 is 10.2 Å². The van der Waals surface area contributed by atoms with Gasteiger partial charge in [-0.1, -0.05) is 26.5 Å². The van der Waals surface area contributed by atoms with Crippen LogP contribution in [0.5, 0.6) is 0 Å². The van der Waals surface area contributed by atoms with Gasteiger partial charge in [-0.3, -0.25) is 4.79 Å². The van der Waals surface area contributed by atoms with Crippen LogP contribution in [-0.2, 0) is 11.2 Å². The van der Waals surface area contributed by atoms with Gasteiger partial charge in [0.2, 0.25) is 0 Å². The number of nitrogens with zero attached hydrogens (tertiary/aromatic N) is 1. The van der Waals surface area contributed by atoms with Crippen LogP contribution in [0.3, 0.4) is 0 Å². The molecule has 1 aliphatic heterocycles. The number of benzene rings is 1. The molecule has 0 unspecified atom stereocenters. The second kappa shape index (κ2) is 6.91. The van der Waals surface area contributed by atoms with E-state index in [4.69, 9.17) is 0 Å². The second-order valence-corrected chi connectivity index (χ2v) is 6.99. The number of carbonyl (C=O) groups is 1. The van der Waals surface area contributed by atoms with E-state index in [2.05, 4.69) is 62.8 Å². The fourth-order valence-corrected chi connectivity index (χ4v) is 3.44. The van der Waals surface area contributed by atoms with Crippen molar-refractivity contribution in [2.75, 3.05) is 19.0 Å². The summed E-state index contributed by atoms with van der Waals surface area (Å²) in [6.07, 6.45) is 4.70. The standard InChI is InChI=1S/C20H24N2O.C2H6/c1-12-11-20(3,4)22(6)18-9-15-10-19(23)17(13(2)21-5)8-14(15)7-16(12)18;1-2/h7-9,11,21H,2,10H2,1,3-6H3;1-2H3. The molecule has 3 rings (SSSR count). The van der Waals surface area contributed by atoms with Gasteiger partial charge >= 0.3 is 0 Å². The van der Waals surface area contributed by atoms with E-state index in [0.29, 0.717) is 17.7 Å². The first-order valence-corrected chi connectivity index (χ1v) is 8.97. The third kappa shape index (κ3) is 3.28. The lowest BCUT2D eigenvalue weighted by molar-refractivity contribution is -0.114. The molecule has 0 atom stereocenters. The predicted molar refractivity (Wildman–Crippen MR) is 109 cm³/mol. The van der Waals surface area contributed by atoms with Crippen LogP contribution in [0.15, 0.2) is 36.1 Å². The Hall–Kier alpha value is -2.29. The van der Waals surface area contributed by atoms with E-state index in [1.807, 2.05) is 19.9 Å². The monoisotopic (exact) mass is 338 g/mol. The maximum absolute atomic E-state index is 12.4. The van der Waals surface area contributed by atoms with Gasteiger partial charge in [0.05, 0.1) is 5.54 Å². The van der Waals surface area contributed by atoms with E-state index < -0.39 is 0 Å². The minimum absolute atomic E-state index is 0.0224. The Morgan fingerprint density at radius 2 is 1.92 bits per heavy atom. The van der Waals surface area contributed by atoms with Crippen molar-refractivity contribution in [3.05, 3.63) is 52.7 Å². The number of Topliss-reactive ketones (excluding diaryl/α,β-unsaturated/α-hetero) is 1. The Kier molecular flexibility index (Phi) is 5.26. The second-order valence-electron chi connectivity index (χ2n) is 6.99. The highest BCUT2D eigenvalue weighted by Gasteiger charge is 2.30. The van der Waals surface area contributed by atoms with Crippen molar-refractivity contribution in [2.45, 2.75) is 46.6 Å². The van der Waals surface area contributed by atoms with E-state index >= 15 is 0 Å². The van der Waals surface area contributed by atoms with Crippen LogP contribution in [-0.4, -0.2) is 25.4 Å². The summed E-state index contributed by atoms with van der Waals surface area (Å²) in [7, 11) is 3.91. The molecule has 3 heteroatoms. The highest BCUT2D eigenvalue weighted by atomic mass is 16.1. The maximum Gasteiger partial charge on any atom is 0.169 e. The zero-order valence-electron chi connectivity index (χ0n) is 16.6. The Bertz CT molecular complexity index is 781. The number of allylic oxidation sites excluding steroid dienone is 2. The third-order valence-corrected chi connectivity index (χ3v) is 5.06. The lowest BCUT2D eigenvalue weighted by atomic mass is 9.83. The van der Waals surface area contributed by atoms with E-state index in [0.717, 1.165) is 11.1 Å². The van der Waals surface area contributed by atoms with Gasteiger partial charge in [0.15, 0.2) is 5.78 Å². The summed E-state index contributed by atoms with van der Waals surface area (Å²) in [5.41, 5.74) is 7.29. The Morgan fingerprint density at radius 1 is 1.28 bits per heavy atom. The number of carbonyl (C=O) groups excluding carboxylic acids is 1. The number of hydrogen-bond acceptors (Lipinski definition) is 3. The molecule has 0 aromatic heterocycles. The van der Waals surface area contributed by atoms with Gasteiger partial charge in [-0.15, -0.1) is 0 Å². The first-order chi connectivity index (χ1) is 11.7. The summed E-state index contributed by atoms with van der Waals surface area (Å²) >= 11 is 0. The smallest absolute Gasteiger partial charge is 0.169 e. The van der Waals surface area contributed by atoms with Crippen LogP contribution in [0.4, 0.5) is 5.69 Å². The average Bonchev–Trinajstić information content (AvgIpc) is 2.59. The predicted octanol–water partition coefficient (Wildman–Crippen LogP) is 4.59. The van der Waals surface area contributed by atoms with Crippen LogP contribution >= 0.6 is 0 Å². The molecule has 0 saturated carbocycles. The van der Waals surface area contributed by atoms with Gasteiger partial charge in [-0.05, 0) is 55.7 Å². The van der Waals surface area contributed by atoms with Crippen LogP contribution in [0, 0.1) is 0 Å². The van der Waals surface area contributed by atoms with Gasteiger partial charge in [-0.25, -0.2) is 0 Å². The van der Waals surface area contributed by atoms with Gasteiger partial charge in [-0.2, -0.15) is 0 Å². The summed E-state index contributed by atoms with van der Waals surface area (Å²) in [5.74, 6) is 0.127. The molecule has 1 heterocycles. The van der Waals surface area contributed by atoms with Crippen LogP contribution in [0.2, 0.25) is 0 Å². The lowest BCUT2D eigenvalue weighted by Crippen LogP contribution is -2.42. The zero-order valence-corrected chi connectivity index (χ0v) is 16.6. The summed E-state index contributed by atoms with van der Waals surface area (Å²) in [6, 6.07) is 4.38. The molecule has 3 nitrogen and oxygen atoms in total. The Morgan fingerprint density at radius 3 is 2.52 bits per heavy atom. The normalized spacial score (nSPS) is 17.4. The van der Waals surface area contributed by atoms with Crippen molar-refractivity contribution < 1.29 is 4.79 Å². The molecule has 1 aliphatic carbocycles. The lowest BCUT2D eigenvalue weighted by Gasteiger charge is -2.41. The quantitative estimate of drug-likeness (QED) is 0.856. The summed E-state index contributed by atoms with van der Waals surface area (Å²) < 4.78 is 0. The highest BCUT2D eigenvalue weighted by molar-refractivity contribution is 6.07. The van der Waals surface area contributed by atoms with Gasteiger partial charge < -0.3 is 10.2 Å². The van der Waals surface area contributed by atoms with Crippen LogP contribution in [0.25, 0.3) is 11.6 Å². The molecule has 0 radical (unpaired) electrons. The molecule has 0 spiro atoms. The maximum atomic E-state index is 12.4. The number of hydrogen-bond donors (Lipinski definition) is 1. The van der Waals surface area contributed by atoms with Crippen molar-refractivity contribution >= 4 is 23.1 Å². The van der Waals surface area contributed by atoms with Gasteiger partial charge in [0.1, 0.15) is 0 Å². The number of ketones is 1. The van der Waals surface area contributed by atoms with Crippen molar-refractivity contribution in [2.24, 2.45) is 0 Å². The molecule has 2 aliphatic rings. The van der Waals surface area contributed by atoms with E-state index in [1.54, 1.807) is 7.05 Å². The first-order valence-electron chi connectivity index (χ1n) is 8.97. The molecular formula is C22H30N2O. The Labute approximate surface area is 152 Å². The van der Waals surface area contributed by atoms with E-state index in [1.165, 1.54) is 16.8 Å². The molecule has 0 fully saturated rings. The highest BCUT2D eigenvalue weighted by Crippen LogP contribution is 2.40. The minimum Gasteiger partial charge on any atom is -0.388 e. The third-order valence-electron chi connectivity index (χ3n) is 5.06. The number of nitrogens with one attached hydrogen (secondary N) is 1. The number of fused-ring (bicyclic) bond motifs is 2. The molecule has 1 aromatic carbocycles. The van der Waals surface area contributed by atoms with E-state index in [-0.39, 0.29) is 11.3 Å². The van der Waals surface area contributed by atoms with E-state index in [9.17, 15) is 4.79 Å². The zero-order chi connectivity index (χ0) is 18.9. The molecule has 0 bridgehead atoms. The summed E-state index contributed by atoms with van der Waals surface area (Å²) in [5, 5.41) is 2.98. The largest absolute Gasteiger partial charge is 0.388 e. The van der Waals surface area contributed by atoms with Crippen molar-refractivity contribution in [3.63, 3.8) is 0 Å². The molecule has 1 aromatic rings. The number of rotatable bonds is 2. The van der Waals surface area contributed by atoms with Crippen molar-refractivity contribution in [1.29, 1.82) is 0 Å². The summed E-state index contributed by atoms with van der Waals surface area (Å²) in [6.45, 7) is 14.5. The van der Waals surface area contributed by atoms with Crippen molar-refractivity contribution in [1.82, 2.24) is 5.32 Å². The fourth-order valence-electron chi connectivity index (χ4n) is 3.44. The minimum atomic E-state index is -0.0224. The SMILES string of the molecule is C=C(NC)C1=Cc2cc3c(cc2CC1=O)N(C)C(C)(C)C=C3C.CC. The molecule has 0 saturated heterocycles. The van der Waals surface area contributed by atoms with Gasteiger partial charge in [0, 0.05) is 43.0 Å². The molecular weight excluding hydrogens is 308 g/mol. The number of likely N-dealkylation sites (N-methyl/N-ethyl adjacent to an activating group) is 2. The molecule has 134 valence electrons. The first kappa shape index (κ1) is 19.0. The van der Waals surface area contributed by atoms with Crippen molar-refractivity contribution in [3.8, 4) is 0 Å². The molecule has 25 heavy (non-hydrogen) atoms. The average molecular weight is 338 g/mol. The topological polar surface area (TPSA) is 32.3 Å². The fraction of sp³-hybridized carbons (Fsp3) is 0.409. The van der Waals surface area contributed by atoms with Crippen LogP contribution in [0.1, 0.15) is 51.3 Å². The molecule has 0 amide bonds. The number of anilines is 1. The molecule has 1 N–H and O–H groups in total.